The first-order chi connectivity index (χ1) is 10.6. The van der Waals surface area contributed by atoms with E-state index in [0.29, 0.717) is 30.5 Å². The van der Waals surface area contributed by atoms with E-state index in [0.717, 1.165) is 31.5 Å². The summed E-state index contributed by atoms with van der Waals surface area (Å²) in [6.45, 7) is 3.62. The van der Waals surface area contributed by atoms with Gasteiger partial charge in [-0.05, 0) is 26.2 Å². The van der Waals surface area contributed by atoms with Gasteiger partial charge in [0.05, 0.1) is 0 Å². The quantitative estimate of drug-likeness (QED) is 0.860. The van der Waals surface area contributed by atoms with Crippen molar-refractivity contribution in [2.45, 2.75) is 51.1 Å². The van der Waals surface area contributed by atoms with Crippen LogP contribution in [0.1, 0.15) is 48.0 Å². The molecule has 2 bridgehead atoms. The summed E-state index contributed by atoms with van der Waals surface area (Å²) < 4.78 is 0. The van der Waals surface area contributed by atoms with Gasteiger partial charge in [0.2, 0.25) is 5.91 Å². The minimum Gasteiger partial charge on any atom is -0.341 e. The molecule has 126 valence electrons. The van der Waals surface area contributed by atoms with Crippen LogP contribution >= 0.6 is 12.4 Å². The topological polar surface area (TPSA) is 49.4 Å². The number of benzene rings is 1. The van der Waals surface area contributed by atoms with Crippen LogP contribution in [-0.2, 0) is 4.79 Å². The number of carbonyl (C=O) groups excluding carboxylic acids is 2. The van der Waals surface area contributed by atoms with Crippen molar-refractivity contribution < 1.29 is 9.59 Å². The second-order valence-corrected chi connectivity index (χ2v) is 6.56. The summed E-state index contributed by atoms with van der Waals surface area (Å²) in [6.07, 6.45) is 4.06. The molecule has 2 saturated heterocycles. The Morgan fingerprint density at radius 3 is 2.52 bits per heavy atom. The van der Waals surface area contributed by atoms with Gasteiger partial charge in [0.1, 0.15) is 0 Å². The third-order valence-corrected chi connectivity index (χ3v) is 4.82. The summed E-state index contributed by atoms with van der Waals surface area (Å²) in [4.78, 5) is 26.5. The molecule has 0 aromatic heterocycles. The van der Waals surface area contributed by atoms with E-state index >= 15 is 0 Å². The molecular weight excluding hydrogens is 312 g/mol. The van der Waals surface area contributed by atoms with Crippen molar-refractivity contribution in [2.24, 2.45) is 0 Å². The van der Waals surface area contributed by atoms with Gasteiger partial charge < -0.3 is 10.2 Å². The van der Waals surface area contributed by atoms with E-state index in [9.17, 15) is 9.59 Å². The van der Waals surface area contributed by atoms with Crippen LogP contribution in [-0.4, -0.2) is 41.8 Å². The molecule has 0 radical (unpaired) electrons. The molecule has 2 atom stereocenters. The van der Waals surface area contributed by atoms with Gasteiger partial charge in [-0.25, -0.2) is 0 Å². The number of amides is 1. The van der Waals surface area contributed by atoms with Crippen molar-refractivity contribution in [3.05, 3.63) is 35.4 Å². The van der Waals surface area contributed by atoms with Crippen molar-refractivity contribution in [3.63, 3.8) is 0 Å². The predicted molar refractivity (Wildman–Crippen MR) is 93.1 cm³/mol. The average molecular weight is 337 g/mol. The molecule has 2 heterocycles. The molecule has 1 N–H and O–H groups in total. The molecule has 1 amide bonds. The molecule has 5 heteroatoms. The van der Waals surface area contributed by atoms with Crippen molar-refractivity contribution in [3.8, 4) is 0 Å². The first-order valence-corrected chi connectivity index (χ1v) is 8.25. The second-order valence-electron chi connectivity index (χ2n) is 6.56. The largest absolute Gasteiger partial charge is 0.341 e. The van der Waals surface area contributed by atoms with Gasteiger partial charge in [-0.3, -0.25) is 9.59 Å². The summed E-state index contributed by atoms with van der Waals surface area (Å²) >= 11 is 0. The molecule has 1 aromatic rings. The summed E-state index contributed by atoms with van der Waals surface area (Å²) in [6, 6.07) is 8.59. The SMILES string of the molecule is Cc1ccc(C(=O)CCC(=O)N2CCC3CCC(C2)N3)cc1.Cl. The maximum atomic E-state index is 12.4. The normalized spacial score (nSPS) is 23.1. The van der Waals surface area contributed by atoms with E-state index in [-0.39, 0.29) is 24.1 Å². The van der Waals surface area contributed by atoms with Gasteiger partial charge in [0, 0.05) is 43.6 Å². The smallest absolute Gasteiger partial charge is 0.223 e. The zero-order valence-electron chi connectivity index (χ0n) is 13.6. The number of rotatable bonds is 4. The van der Waals surface area contributed by atoms with Gasteiger partial charge >= 0.3 is 0 Å². The van der Waals surface area contributed by atoms with Crippen LogP contribution in [0.4, 0.5) is 0 Å². The molecule has 2 aliphatic heterocycles. The number of fused-ring (bicyclic) bond motifs is 2. The minimum absolute atomic E-state index is 0. The fraction of sp³-hybridized carbons (Fsp3) is 0.556. The Morgan fingerprint density at radius 1 is 1.09 bits per heavy atom. The third kappa shape index (κ3) is 4.55. The zero-order chi connectivity index (χ0) is 15.5. The number of aryl methyl sites for hydroxylation is 1. The fourth-order valence-corrected chi connectivity index (χ4v) is 3.43. The number of hydrogen-bond donors (Lipinski definition) is 1. The number of Topliss-reactive ketones (excluding diaryl/α,β-unsaturated/α-hetero) is 1. The molecule has 0 saturated carbocycles. The lowest BCUT2D eigenvalue weighted by molar-refractivity contribution is -0.131. The first-order valence-electron chi connectivity index (χ1n) is 8.25. The van der Waals surface area contributed by atoms with Crippen LogP contribution in [0, 0.1) is 6.92 Å². The van der Waals surface area contributed by atoms with Crippen molar-refractivity contribution in [2.75, 3.05) is 13.1 Å². The van der Waals surface area contributed by atoms with E-state index in [1.165, 1.54) is 6.42 Å². The van der Waals surface area contributed by atoms with Crippen LogP contribution in [0.3, 0.4) is 0 Å². The van der Waals surface area contributed by atoms with E-state index in [2.05, 4.69) is 5.32 Å². The lowest BCUT2D eigenvalue weighted by atomic mass is 10.0. The highest BCUT2D eigenvalue weighted by molar-refractivity contribution is 5.98. The Labute approximate surface area is 144 Å². The van der Waals surface area contributed by atoms with Gasteiger partial charge in [-0.2, -0.15) is 0 Å². The molecule has 2 aliphatic rings. The monoisotopic (exact) mass is 336 g/mol. The molecular formula is C18H25ClN2O2. The fourth-order valence-electron chi connectivity index (χ4n) is 3.43. The van der Waals surface area contributed by atoms with Crippen molar-refractivity contribution >= 4 is 24.1 Å². The highest BCUT2D eigenvalue weighted by Gasteiger charge is 2.30. The Morgan fingerprint density at radius 2 is 1.78 bits per heavy atom. The van der Waals surface area contributed by atoms with Gasteiger partial charge in [0.25, 0.3) is 0 Å². The van der Waals surface area contributed by atoms with Crippen LogP contribution in [0.15, 0.2) is 24.3 Å². The summed E-state index contributed by atoms with van der Waals surface area (Å²) in [5.41, 5.74) is 1.84. The third-order valence-electron chi connectivity index (χ3n) is 4.82. The van der Waals surface area contributed by atoms with E-state index in [4.69, 9.17) is 0 Å². The Bertz CT molecular complexity index is 559. The number of carbonyl (C=O) groups is 2. The summed E-state index contributed by atoms with van der Waals surface area (Å²) in [5, 5.41) is 3.57. The summed E-state index contributed by atoms with van der Waals surface area (Å²) in [7, 11) is 0. The minimum atomic E-state index is 0. The number of hydrogen-bond acceptors (Lipinski definition) is 3. The maximum absolute atomic E-state index is 12.4. The molecule has 3 rings (SSSR count). The van der Waals surface area contributed by atoms with E-state index in [1.807, 2.05) is 36.1 Å². The second kappa shape index (κ2) is 7.93. The molecule has 23 heavy (non-hydrogen) atoms. The van der Waals surface area contributed by atoms with Crippen molar-refractivity contribution in [1.82, 2.24) is 10.2 Å². The van der Waals surface area contributed by atoms with Crippen LogP contribution < -0.4 is 5.32 Å². The standard InChI is InChI=1S/C18H24N2O2.ClH/c1-13-2-4-14(5-3-13)17(21)8-9-18(22)20-11-10-15-6-7-16(12-20)19-15;/h2-5,15-16,19H,6-12H2,1H3;1H. The molecule has 2 unspecified atom stereocenters. The maximum Gasteiger partial charge on any atom is 0.223 e. The number of nitrogens with zero attached hydrogens (tertiary/aromatic N) is 1. The van der Waals surface area contributed by atoms with Crippen LogP contribution in [0.25, 0.3) is 0 Å². The highest BCUT2D eigenvalue weighted by Crippen LogP contribution is 2.21. The van der Waals surface area contributed by atoms with E-state index in [1.54, 1.807) is 0 Å². The van der Waals surface area contributed by atoms with Gasteiger partial charge in [0.15, 0.2) is 5.78 Å². The van der Waals surface area contributed by atoms with Gasteiger partial charge in [-0.15, -0.1) is 12.4 Å². The molecule has 0 spiro atoms. The number of halogens is 1. The number of ketones is 1. The zero-order valence-corrected chi connectivity index (χ0v) is 14.4. The number of nitrogens with one attached hydrogen (secondary N) is 1. The highest BCUT2D eigenvalue weighted by atomic mass is 35.5. The average Bonchev–Trinajstić information content (AvgIpc) is 2.84. The van der Waals surface area contributed by atoms with Crippen LogP contribution in [0.2, 0.25) is 0 Å². The number of likely N-dealkylation sites (tertiary alicyclic amines) is 1. The Hall–Kier alpha value is -1.39. The lowest BCUT2D eigenvalue weighted by Gasteiger charge is -2.24. The van der Waals surface area contributed by atoms with Crippen molar-refractivity contribution in [1.29, 1.82) is 0 Å². The van der Waals surface area contributed by atoms with E-state index < -0.39 is 0 Å². The first kappa shape index (κ1) is 18.0. The molecule has 0 aliphatic carbocycles. The molecule has 4 nitrogen and oxygen atoms in total. The molecule has 2 fully saturated rings. The van der Waals surface area contributed by atoms with Gasteiger partial charge in [-0.1, -0.05) is 29.8 Å². The molecule has 1 aromatic carbocycles. The predicted octanol–water partition coefficient (Wildman–Crippen LogP) is 2.73. The Balaban J connectivity index is 0.00000192. The lowest BCUT2D eigenvalue weighted by Crippen LogP contribution is -2.39. The Kier molecular flexibility index (Phi) is 6.19. The summed E-state index contributed by atoms with van der Waals surface area (Å²) in [5.74, 6) is 0.178. The van der Waals surface area contributed by atoms with Crippen LogP contribution in [0.5, 0.6) is 0 Å².